The molecule has 0 radical (unpaired) electrons. The molecular weight excluding hydrogens is 297 g/mol. The van der Waals surface area contributed by atoms with Gasteiger partial charge in [0.15, 0.2) is 5.83 Å². The molecular formula is C9H8F5NOS2. The summed E-state index contributed by atoms with van der Waals surface area (Å²) in [5, 5.41) is 0. The van der Waals surface area contributed by atoms with E-state index in [-0.39, 0.29) is 14.9 Å². The third kappa shape index (κ3) is 3.92. The van der Waals surface area contributed by atoms with Crippen LogP contribution in [0.4, 0.5) is 22.0 Å². The van der Waals surface area contributed by atoms with Crippen molar-refractivity contribution >= 4 is 22.5 Å². The summed E-state index contributed by atoms with van der Waals surface area (Å²) in [5.41, 5.74) is 0.0473. The first kappa shape index (κ1) is 15.4. The standard InChI is InChI=1S/C9H8F5NOS2/c1-4-6(8(13)14)17-9(15-4)18(16)3-2-5(10)7(11)12/h8H,2-3H2,1H3. The van der Waals surface area contributed by atoms with E-state index in [1.54, 1.807) is 0 Å². The Bertz CT molecular complexity index is 444. The van der Waals surface area contributed by atoms with Crippen LogP contribution in [0.15, 0.2) is 16.2 Å². The normalized spacial score (nSPS) is 12.9. The predicted molar refractivity (Wildman–Crippen MR) is 58.1 cm³/mol. The van der Waals surface area contributed by atoms with Crippen molar-refractivity contribution in [3.8, 4) is 0 Å². The molecule has 0 aliphatic heterocycles. The fourth-order valence-corrected chi connectivity index (χ4v) is 3.37. The van der Waals surface area contributed by atoms with Gasteiger partial charge >= 0.3 is 10.4 Å². The number of halogens is 5. The van der Waals surface area contributed by atoms with E-state index in [1.165, 1.54) is 6.92 Å². The quantitative estimate of drug-likeness (QED) is 0.609. The lowest BCUT2D eigenvalue weighted by Crippen LogP contribution is -2.07. The maximum atomic E-state index is 12.5. The predicted octanol–water partition coefficient (Wildman–Crippen LogP) is 3.96. The van der Waals surface area contributed by atoms with Gasteiger partial charge in [0.1, 0.15) is 5.75 Å². The van der Waals surface area contributed by atoms with Gasteiger partial charge in [-0.25, -0.2) is 13.2 Å². The molecule has 2 nitrogen and oxygen atoms in total. The maximum absolute atomic E-state index is 12.5. The fraction of sp³-hybridized carbons (Fsp3) is 0.444. The van der Waals surface area contributed by atoms with Gasteiger partial charge in [-0.1, -0.05) is 11.3 Å². The topological polar surface area (TPSA) is 36.0 Å². The van der Waals surface area contributed by atoms with Crippen LogP contribution in [-0.2, 0) is 11.2 Å². The summed E-state index contributed by atoms with van der Waals surface area (Å²) in [6.45, 7) is 1.33. The Hall–Kier alpha value is -0.670. The number of hydrogen-bond acceptors (Lipinski definition) is 3. The van der Waals surface area contributed by atoms with Crippen LogP contribution in [0.1, 0.15) is 23.4 Å². The lowest BCUT2D eigenvalue weighted by Gasteiger charge is -2.05. The van der Waals surface area contributed by atoms with Crippen molar-refractivity contribution in [3.05, 3.63) is 22.5 Å². The minimum absolute atomic E-state index is 0.0473. The monoisotopic (exact) mass is 305 g/mol. The third-order valence-electron chi connectivity index (χ3n) is 1.92. The average Bonchev–Trinajstić information content (AvgIpc) is 2.67. The van der Waals surface area contributed by atoms with Crippen molar-refractivity contribution in [3.63, 3.8) is 0 Å². The first-order valence-corrected chi connectivity index (χ1v) is 6.80. The molecule has 0 aliphatic carbocycles. The highest BCUT2D eigenvalue weighted by molar-refractivity contribution is 7.93. The molecule has 0 amide bonds. The van der Waals surface area contributed by atoms with Crippen LogP contribution in [0.2, 0.25) is 0 Å². The Morgan fingerprint density at radius 3 is 2.44 bits per heavy atom. The van der Waals surface area contributed by atoms with E-state index in [1.807, 2.05) is 0 Å². The lowest BCUT2D eigenvalue weighted by molar-refractivity contribution is 0.154. The minimum atomic E-state index is -2.73. The highest BCUT2D eigenvalue weighted by atomic mass is 32.2. The summed E-state index contributed by atoms with van der Waals surface area (Å²) in [5.74, 6) is -2.07. The molecule has 1 aromatic heterocycles. The van der Waals surface area contributed by atoms with E-state index in [0.29, 0.717) is 11.3 Å². The van der Waals surface area contributed by atoms with Crippen LogP contribution in [0.3, 0.4) is 0 Å². The molecule has 102 valence electrons. The molecule has 1 atom stereocenters. The molecule has 0 saturated heterocycles. The Kier molecular flexibility index (Phi) is 5.54. The second kappa shape index (κ2) is 6.48. The third-order valence-corrected chi connectivity index (χ3v) is 4.74. The van der Waals surface area contributed by atoms with Gasteiger partial charge < -0.3 is 4.55 Å². The molecule has 1 aromatic rings. The van der Waals surface area contributed by atoms with Gasteiger partial charge in [0.2, 0.25) is 0 Å². The molecule has 1 heterocycles. The van der Waals surface area contributed by atoms with Crippen molar-refractivity contribution in [2.45, 2.75) is 24.1 Å². The molecule has 0 aliphatic rings. The van der Waals surface area contributed by atoms with E-state index in [4.69, 9.17) is 0 Å². The summed E-state index contributed by atoms with van der Waals surface area (Å²) < 4.78 is 72.3. The van der Waals surface area contributed by atoms with E-state index in [9.17, 15) is 26.5 Å². The minimum Gasteiger partial charge on any atom is -0.610 e. The Morgan fingerprint density at radius 1 is 1.39 bits per heavy atom. The van der Waals surface area contributed by atoms with Gasteiger partial charge in [0.25, 0.3) is 6.43 Å². The van der Waals surface area contributed by atoms with Gasteiger partial charge in [-0.05, 0) is 6.92 Å². The molecule has 0 fully saturated rings. The van der Waals surface area contributed by atoms with Crippen molar-refractivity contribution in [2.24, 2.45) is 0 Å². The van der Waals surface area contributed by atoms with Crippen molar-refractivity contribution in [2.75, 3.05) is 5.75 Å². The zero-order chi connectivity index (χ0) is 13.9. The van der Waals surface area contributed by atoms with Gasteiger partial charge in [0, 0.05) is 11.2 Å². The smallest absolute Gasteiger partial charge is 0.302 e. The first-order valence-electron chi connectivity index (χ1n) is 4.66. The number of aromatic nitrogens is 1. The van der Waals surface area contributed by atoms with Crippen LogP contribution in [0.25, 0.3) is 0 Å². The van der Waals surface area contributed by atoms with E-state index >= 15 is 0 Å². The highest BCUT2D eigenvalue weighted by Gasteiger charge is 2.24. The summed E-state index contributed by atoms with van der Waals surface area (Å²) in [7, 11) is 0. The van der Waals surface area contributed by atoms with E-state index in [0.717, 1.165) is 0 Å². The highest BCUT2D eigenvalue weighted by Crippen LogP contribution is 2.31. The van der Waals surface area contributed by atoms with Crippen LogP contribution >= 0.6 is 11.3 Å². The number of allylic oxidation sites excluding steroid dienone is 1. The second-order valence-corrected chi connectivity index (χ2v) is 5.97. The van der Waals surface area contributed by atoms with Crippen LogP contribution < -0.4 is 0 Å². The molecule has 1 unspecified atom stereocenters. The molecule has 0 N–H and O–H groups in total. The van der Waals surface area contributed by atoms with E-state index < -0.39 is 41.7 Å². The Morgan fingerprint density at radius 2 is 2.00 bits per heavy atom. The molecule has 0 spiro atoms. The van der Waals surface area contributed by atoms with Gasteiger partial charge in [-0.2, -0.15) is 13.8 Å². The zero-order valence-electron chi connectivity index (χ0n) is 9.05. The van der Waals surface area contributed by atoms with Crippen LogP contribution in [0.5, 0.6) is 0 Å². The molecule has 1 rings (SSSR count). The van der Waals surface area contributed by atoms with Gasteiger partial charge in [-0.3, -0.25) is 0 Å². The van der Waals surface area contributed by atoms with Crippen molar-refractivity contribution in [1.29, 1.82) is 0 Å². The van der Waals surface area contributed by atoms with Crippen molar-refractivity contribution < 1.29 is 26.5 Å². The Labute approximate surface area is 107 Å². The molecule has 18 heavy (non-hydrogen) atoms. The van der Waals surface area contributed by atoms with Crippen molar-refractivity contribution in [1.82, 2.24) is 4.98 Å². The number of hydrogen-bond donors (Lipinski definition) is 0. The zero-order valence-corrected chi connectivity index (χ0v) is 10.7. The molecule has 0 aromatic carbocycles. The Balaban J connectivity index is 2.70. The number of alkyl halides is 2. The summed E-state index contributed by atoms with van der Waals surface area (Å²) in [4.78, 5) is 3.35. The van der Waals surface area contributed by atoms with Gasteiger partial charge in [0.05, 0.1) is 17.0 Å². The maximum Gasteiger partial charge on any atom is 0.302 e. The number of rotatable bonds is 5. The molecule has 9 heteroatoms. The average molecular weight is 305 g/mol. The second-order valence-electron chi connectivity index (χ2n) is 3.20. The molecule has 0 bridgehead atoms. The fourth-order valence-electron chi connectivity index (χ4n) is 1.05. The SMILES string of the molecule is Cc1nc([S+]([O-])CCC(F)=C(F)F)sc1C(F)F. The van der Waals surface area contributed by atoms with Crippen LogP contribution in [-0.4, -0.2) is 15.3 Å². The summed E-state index contributed by atoms with van der Waals surface area (Å²) in [6.07, 6.45) is -5.90. The van der Waals surface area contributed by atoms with Crippen LogP contribution in [0, 0.1) is 6.92 Å². The van der Waals surface area contributed by atoms with Gasteiger partial charge in [-0.15, -0.1) is 0 Å². The summed E-state index contributed by atoms with van der Waals surface area (Å²) >= 11 is -1.31. The largest absolute Gasteiger partial charge is 0.610 e. The number of thiazole rings is 1. The van der Waals surface area contributed by atoms with E-state index in [2.05, 4.69) is 4.98 Å². The number of nitrogens with zero attached hydrogens (tertiary/aromatic N) is 1. The molecule has 0 saturated carbocycles. The lowest BCUT2D eigenvalue weighted by atomic mass is 10.4. The first-order chi connectivity index (χ1) is 8.32. The summed E-state index contributed by atoms with van der Waals surface area (Å²) in [6, 6.07) is 0. The number of aryl methyl sites for hydroxylation is 1.